The Morgan fingerprint density at radius 1 is 1.11 bits per heavy atom. The first-order valence-corrected chi connectivity index (χ1v) is 11.2. The fraction of sp³-hybridized carbons (Fsp3) is 0.240. The van der Waals surface area contributed by atoms with Gasteiger partial charge in [0.25, 0.3) is 11.4 Å². The molecule has 5 rings (SSSR count). The van der Waals surface area contributed by atoms with Crippen molar-refractivity contribution in [3.05, 3.63) is 82.1 Å². The molecule has 0 saturated heterocycles. The van der Waals surface area contributed by atoms with Crippen molar-refractivity contribution in [1.29, 1.82) is 0 Å². The Morgan fingerprint density at radius 2 is 1.86 bits per heavy atom. The summed E-state index contributed by atoms with van der Waals surface area (Å²) in [6.07, 6.45) is -3.32. The van der Waals surface area contributed by atoms with E-state index in [0.29, 0.717) is 5.56 Å². The van der Waals surface area contributed by atoms with Gasteiger partial charge in [-0.1, -0.05) is 23.4 Å². The lowest BCUT2D eigenvalue weighted by atomic mass is 10.0. The van der Waals surface area contributed by atoms with Gasteiger partial charge in [0.1, 0.15) is 17.0 Å². The van der Waals surface area contributed by atoms with Crippen LogP contribution in [0.2, 0.25) is 0 Å². The van der Waals surface area contributed by atoms with Crippen molar-refractivity contribution in [2.75, 3.05) is 0 Å². The minimum absolute atomic E-state index is 0.0277. The Morgan fingerprint density at radius 3 is 2.54 bits per heavy atom. The SMILES string of the molecule is CC(=O)OC1(c2cccc(Cn3nc(-c4nc(-c5ccc(OC(F)(F)F)cc5)no4)ccc3=O)c2)CC1. The van der Waals surface area contributed by atoms with E-state index in [-0.39, 0.29) is 41.2 Å². The van der Waals surface area contributed by atoms with Crippen molar-refractivity contribution in [2.45, 2.75) is 38.3 Å². The van der Waals surface area contributed by atoms with Gasteiger partial charge in [-0.2, -0.15) is 10.1 Å². The average Bonchev–Trinajstić information content (AvgIpc) is 3.44. The Kier molecular flexibility index (Phi) is 6.02. The molecule has 0 bridgehead atoms. The van der Waals surface area contributed by atoms with E-state index in [0.717, 1.165) is 36.1 Å². The minimum Gasteiger partial charge on any atom is -0.454 e. The molecule has 2 aromatic carbocycles. The van der Waals surface area contributed by atoms with Crippen molar-refractivity contribution in [3.8, 4) is 28.7 Å². The average molecular weight is 512 g/mol. The number of benzene rings is 2. The molecule has 0 amide bonds. The van der Waals surface area contributed by atoms with Crippen molar-refractivity contribution >= 4 is 5.97 Å². The molecule has 0 spiro atoms. The highest BCUT2D eigenvalue weighted by Gasteiger charge is 2.48. The van der Waals surface area contributed by atoms with Crippen LogP contribution in [0.4, 0.5) is 13.2 Å². The molecular weight excluding hydrogens is 493 g/mol. The van der Waals surface area contributed by atoms with Gasteiger partial charge in [0.15, 0.2) is 0 Å². The number of carbonyl (C=O) groups excluding carboxylic acids is 1. The van der Waals surface area contributed by atoms with E-state index >= 15 is 0 Å². The number of nitrogens with zero attached hydrogens (tertiary/aromatic N) is 4. The molecule has 12 heteroatoms. The molecule has 37 heavy (non-hydrogen) atoms. The standard InChI is InChI=1S/C25H19F3N4O5/c1-15(33)35-24(11-12-24)18-4-2-3-16(13-18)14-32-21(34)10-9-20(30-32)23-29-22(31-37-23)17-5-7-19(8-6-17)36-25(26,27)28/h2-10,13H,11-12,14H2,1H3. The molecule has 0 radical (unpaired) electrons. The van der Waals surface area contributed by atoms with Gasteiger partial charge in [0.2, 0.25) is 5.82 Å². The fourth-order valence-corrected chi connectivity index (χ4v) is 3.89. The maximum atomic E-state index is 12.5. The second-order valence-electron chi connectivity index (χ2n) is 8.50. The molecule has 2 heterocycles. The van der Waals surface area contributed by atoms with Gasteiger partial charge in [-0.15, -0.1) is 13.2 Å². The third kappa shape index (κ3) is 5.52. The van der Waals surface area contributed by atoms with Gasteiger partial charge in [-0.05, 0) is 60.4 Å². The largest absolute Gasteiger partial charge is 0.573 e. The normalized spacial score (nSPS) is 14.3. The summed E-state index contributed by atoms with van der Waals surface area (Å²) in [5, 5.41) is 8.19. The number of halogens is 3. The third-order valence-electron chi connectivity index (χ3n) is 5.69. The molecule has 0 unspecified atom stereocenters. The maximum Gasteiger partial charge on any atom is 0.573 e. The number of esters is 1. The number of rotatable bonds is 7. The van der Waals surface area contributed by atoms with Gasteiger partial charge < -0.3 is 14.0 Å². The summed E-state index contributed by atoms with van der Waals surface area (Å²) in [6, 6.07) is 15.2. The van der Waals surface area contributed by atoms with E-state index in [9.17, 15) is 22.8 Å². The van der Waals surface area contributed by atoms with Gasteiger partial charge in [-0.25, -0.2) is 4.68 Å². The molecule has 0 N–H and O–H groups in total. The van der Waals surface area contributed by atoms with Crippen LogP contribution in [0.3, 0.4) is 0 Å². The highest BCUT2D eigenvalue weighted by molar-refractivity contribution is 5.67. The monoisotopic (exact) mass is 512 g/mol. The summed E-state index contributed by atoms with van der Waals surface area (Å²) in [7, 11) is 0. The first kappa shape index (κ1) is 24.2. The van der Waals surface area contributed by atoms with Crippen LogP contribution in [0.15, 0.2) is 70.0 Å². The summed E-state index contributed by atoms with van der Waals surface area (Å²) in [5.74, 6) is -0.572. The number of ether oxygens (including phenoxy) is 2. The number of carbonyl (C=O) groups is 1. The molecule has 1 aliphatic carbocycles. The van der Waals surface area contributed by atoms with Crippen molar-refractivity contribution < 1.29 is 32.0 Å². The lowest BCUT2D eigenvalue weighted by molar-refractivity contribution is -0.274. The van der Waals surface area contributed by atoms with Gasteiger partial charge in [-0.3, -0.25) is 9.59 Å². The Hall–Kier alpha value is -4.48. The van der Waals surface area contributed by atoms with Crippen LogP contribution in [0.1, 0.15) is 30.9 Å². The Balaban J connectivity index is 1.35. The summed E-state index contributed by atoms with van der Waals surface area (Å²) >= 11 is 0. The highest BCUT2D eigenvalue weighted by Crippen LogP contribution is 2.49. The fourth-order valence-electron chi connectivity index (χ4n) is 3.89. The molecule has 190 valence electrons. The van der Waals surface area contributed by atoms with E-state index in [4.69, 9.17) is 9.26 Å². The van der Waals surface area contributed by atoms with E-state index in [1.165, 1.54) is 35.9 Å². The summed E-state index contributed by atoms with van der Waals surface area (Å²) in [4.78, 5) is 28.2. The van der Waals surface area contributed by atoms with Crippen LogP contribution in [0.25, 0.3) is 23.0 Å². The van der Waals surface area contributed by atoms with Crippen molar-refractivity contribution in [2.24, 2.45) is 0 Å². The molecule has 4 aromatic rings. The van der Waals surface area contributed by atoms with Gasteiger partial charge in [0.05, 0.1) is 6.54 Å². The van der Waals surface area contributed by atoms with E-state index in [1.807, 2.05) is 24.3 Å². The number of aromatic nitrogens is 4. The summed E-state index contributed by atoms with van der Waals surface area (Å²) < 4.78 is 53.0. The van der Waals surface area contributed by atoms with Crippen LogP contribution in [-0.4, -0.2) is 32.3 Å². The molecule has 1 aliphatic rings. The third-order valence-corrected chi connectivity index (χ3v) is 5.69. The summed E-state index contributed by atoms with van der Waals surface area (Å²) in [5.41, 5.74) is 1.32. The van der Waals surface area contributed by atoms with E-state index < -0.39 is 12.0 Å². The quantitative estimate of drug-likeness (QED) is 0.334. The van der Waals surface area contributed by atoms with Gasteiger partial charge >= 0.3 is 12.3 Å². The molecule has 0 atom stereocenters. The first-order valence-electron chi connectivity index (χ1n) is 11.2. The zero-order valence-electron chi connectivity index (χ0n) is 19.4. The minimum atomic E-state index is -4.79. The van der Waals surface area contributed by atoms with Gasteiger partial charge in [0, 0.05) is 18.6 Å². The number of hydrogen-bond donors (Lipinski definition) is 0. The molecule has 1 fully saturated rings. The zero-order chi connectivity index (χ0) is 26.2. The second-order valence-corrected chi connectivity index (χ2v) is 8.50. The molecule has 0 aliphatic heterocycles. The number of alkyl halides is 3. The van der Waals surface area contributed by atoms with E-state index in [1.54, 1.807) is 0 Å². The topological polar surface area (TPSA) is 109 Å². The predicted molar refractivity (Wildman–Crippen MR) is 122 cm³/mol. The summed E-state index contributed by atoms with van der Waals surface area (Å²) in [6.45, 7) is 1.53. The zero-order valence-corrected chi connectivity index (χ0v) is 19.4. The lowest BCUT2D eigenvalue weighted by Gasteiger charge is -2.17. The Labute approximate surface area is 207 Å². The molecule has 9 nitrogen and oxygen atoms in total. The van der Waals surface area contributed by atoms with Crippen molar-refractivity contribution in [1.82, 2.24) is 19.9 Å². The highest BCUT2D eigenvalue weighted by atomic mass is 19.4. The molecule has 1 saturated carbocycles. The van der Waals surface area contributed by atoms with E-state index in [2.05, 4.69) is 20.0 Å². The van der Waals surface area contributed by atoms with Crippen LogP contribution in [0.5, 0.6) is 5.75 Å². The molecule has 2 aromatic heterocycles. The van der Waals surface area contributed by atoms with Crippen LogP contribution < -0.4 is 10.3 Å². The van der Waals surface area contributed by atoms with Crippen LogP contribution in [0, 0.1) is 0 Å². The maximum absolute atomic E-state index is 12.5. The lowest BCUT2D eigenvalue weighted by Crippen LogP contribution is -2.23. The molecular formula is C25H19F3N4O5. The number of hydrogen-bond acceptors (Lipinski definition) is 8. The van der Waals surface area contributed by atoms with Crippen LogP contribution in [-0.2, 0) is 21.7 Å². The van der Waals surface area contributed by atoms with Crippen molar-refractivity contribution in [3.63, 3.8) is 0 Å². The first-order chi connectivity index (χ1) is 17.6. The second kappa shape index (κ2) is 9.19. The Bertz CT molecular complexity index is 1510. The predicted octanol–water partition coefficient (Wildman–Crippen LogP) is 4.46. The smallest absolute Gasteiger partial charge is 0.454 e. The van der Waals surface area contributed by atoms with Crippen LogP contribution >= 0.6 is 0 Å².